The molecule has 0 unspecified atom stereocenters. The monoisotopic (exact) mass is 441 g/mol. The maximum Gasteiger partial charge on any atom is 0.250 e. The molecule has 1 fully saturated rings. The third-order valence-electron chi connectivity index (χ3n) is 6.16. The Morgan fingerprint density at radius 3 is 2.65 bits per heavy atom. The Morgan fingerprint density at radius 1 is 1.29 bits per heavy atom. The number of aryl methyl sites for hydroxylation is 1. The number of carbonyl (C=O) groups excluding carboxylic acids is 2. The van der Waals surface area contributed by atoms with E-state index in [9.17, 15) is 9.59 Å². The van der Waals surface area contributed by atoms with Crippen LogP contribution in [0.15, 0.2) is 36.4 Å². The van der Waals surface area contributed by atoms with E-state index in [1.165, 1.54) is 0 Å². The van der Waals surface area contributed by atoms with Gasteiger partial charge in [0, 0.05) is 17.3 Å². The molecule has 4 rings (SSSR count). The molecule has 2 aromatic rings. The van der Waals surface area contributed by atoms with Gasteiger partial charge in [-0.15, -0.1) is 0 Å². The molecule has 2 aliphatic heterocycles. The third-order valence-corrected chi connectivity index (χ3v) is 6.46. The van der Waals surface area contributed by atoms with E-state index in [-0.39, 0.29) is 17.9 Å². The van der Waals surface area contributed by atoms with Gasteiger partial charge in [-0.25, -0.2) is 0 Å². The molecule has 6 nitrogen and oxygen atoms in total. The number of methoxy groups -OCH3 is 1. The lowest BCUT2D eigenvalue weighted by Gasteiger charge is -2.29. The number of anilines is 2. The summed E-state index contributed by atoms with van der Waals surface area (Å²) in [6.07, 6.45) is 1.44. The largest absolute Gasteiger partial charge is 0.497 e. The van der Waals surface area contributed by atoms with Gasteiger partial charge < -0.3 is 15.4 Å². The Bertz CT molecular complexity index is 1020. The van der Waals surface area contributed by atoms with Crippen LogP contribution in [0.2, 0.25) is 5.02 Å². The van der Waals surface area contributed by atoms with Gasteiger partial charge in [0.05, 0.1) is 23.7 Å². The lowest BCUT2D eigenvalue weighted by atomic mass is 9.79. The zero-order chi connectivity index (χ0) is 22.3. The summed E-state index contributed by atoms with van der Waals surface area (Å²) in [4.78, 5) is 26.9. The molecule has 7 heteroatoms. The van der Waals surface area contributed by atoms with Crippen molar-refractivity contribution in [1.29, 1.82) is 0 Å². The SMILES string of the molecule is COc1ccc(NC(=O)[C@@H]2C[C@H](CC(C)C)N[C@]23C(=O)Nc2c(Cl)cc(C)cc23)cc1. The Hall–Kier alpha value is -2.57. The topological polar surface area (TPSA) is 79.5 Å². The van der Waals surface area contributed by atoms with E-state index in [2.05, 4.69) is 29.8 Å². The second kappa shape index (κ2) is 8.17. The van der Waals surface area contributed by atoms with Crippen molar-refractivity contribution in [3.8, 4) is 5.75 Å². The van der Waals surface area contributed by atoms with E-state index in [1.54, 1.807) is 31.4 Å². The smallest absolute Gasteiger partial charge is 0.250 e. The number of nitrogens with one attached hydrogen (secondary N) is 3. The van der Waals surface area contributed by atoms with Crippen LogP contribution in [0.5, 0.6) is 5.75 Å². The summed E-state index contributed by atoms with van der Waals surface area (Å²) in [5.41, 5.74) is 1.82. The molecular formula is C24H28ClN3O3. The first-order valence-corrected chi connectivity index (χ1v) is 11.0. The van der Waals surface area contributed by atoms with Crippen molar-refractivity contribution in [2.24, 2.45) is 11.8 Å². The van der Waals surface area contributed by atoms with Gasteiger partial charge in [0.1, 0.15) is 11.3 Å². The zero-order valence-corrected chi connectivity index (χ0v) is 19.0. The first-order valence-electron chi connectivity index (χ1n) is 10.6. The Balaban J connectivity index is 1.72. The molecule has 1 saturated heterocycles. The average molecular weight is 442 g/mol. The third kappa shape index (κ3) is 3.79. The standard InChI is InChI=1S/C24H28ClN3O3/c1-13(2)9-16-12-19(22(29)26-15-5-7-17(31-4)8-6-15)24(28-16)18-10-14(3)11-20(25)21(18)27-23(24)30/h5-8,10-11,13,16,19,28H,9,12H2,1-4H3,(H,26,29)(H,27,30)/t16-,19-,24-/m0/s1. The van der Waals surface area contributed by atoms with Crippen LogP contribution in [0.1, 0.15) is 37.8 Å². The zero-order valence-electron chi connectivity index (χ0n) is 18.2. The normalized spacial score (nSPS) is 24.4. The highest BCUT2D eigenvalue weighted by molar-refractivity contribution is 6.35. The van der Waals surface area contributed by atoms with Crippen molar-refractivity contribution >= 4 is 34.8 Å². The minimum atomic E-state index is -1.14. The van der Waals surface area contributed by atoms with Gasteiger partial charge in [-0.05, 0) is 61.6 Å². The number of fused-ring (bicyclic) bond motifs is 2. The fourth-order valence-electron chi connectivity index (χ4n) is 4.88. The number of hydrogen-bond donors (Lipinski definition) is 3. The molecular weight excluding hydrogens is 414 g/mol. The van der Waals surface area contributed by atoms with Crippen LogP contribution in [-0.4, -0.2) is 25.0 Å². The van der Waals surface area contributed by atoms with Crippen LogP contribution in [0.3, 0.4) is 0 Å². The van der Waals surface area contributed by atoms with E-state index in [0.29, 0.717) is 34.5 Å². The van der Waals surface area contributed by atoms with Gasteiger partial charge in [-0.3, -0.25) is 14.9 Å². The van der Waals surface area contributed by atoms with Gasteiger partial charge >= 0.3 is 0 Å². The number of halogens is 1. The quantitative estimate of drug-likeness (QED) is 0.639. The average Bonchev–Trinajstić information content (AvgIpc) is 3.22. The summed E-state index contributed by atoms with van der Waals surface area (Å²) in [5.74, 6) is 0.157. The summed E-state index contributed by atoms with van der Waals surface area (Å²) in [6, 6.07) is 11.0. The van der Waals surface area contributed by atoms with Crippen LogP contribution in [0.4, 0.5) is 11.4 Å². The second-order valence-corrected chi connectivity index (χ2v) is 9.32. The van der Waals surface area contributed by atoms with Crippen molar-refractivity contribution in [2.75, 3.05) is 17.7 Å². The van der Waals surface area contributed by atoms with Crippen molar-refractivity contribution in [2.45, 2.75) is 45.2 Å². The summed E-state index contributed by atoms with van der Waals surface area (Å²) >= 11 is 6.45. The lowest BCUT2D eigenvalue weighted by molar-refractivity contribution is -0.130. The molecule has 0 bridgehead atoms. The minimum Gasteiger partial charge on any atom is -0.497 e. The maximum atomic E-state index is 13.5. The van der Waals surface area contributed by atoms with E-state index in [4.69, 9.17) is 16.3 Å². The minimum absolute atomic E-state index is 0.0441. The molecule has 2 heterocycles. The van der Waals surface area contributed by atoms with Gasteiger partial charge in [0.25, 0.3) is 0 Å². The summed E-state index contributed by atoms with van der Waals surface area (Å²) < 4.78 is 5.19. The maximum absolute atomic E-state index is 13.5. The molecule has 3 atom stereocenters. The van der Waals surface area contributed by atoms with Crippen LogP contribution in [-0.2, 0) is 15.1 Å². The summed E-state index contributed by atoms with van der Waals surface area (Å²) in [6.45, 7) is 6.22. The highest BCUT2D eigenvalue weighted by atomic mass is 35.5. The van der Waals surface area contributed by atoms with Gasteiger partial charge in [0.15, 0.2) is 0 Å². The Kier molecular flexibility index (Phi) is 5.71. The van der Waals surface area contributed by atoms with Gasteiger partial charge in [-0.2, -0.15) is 0 Å². The summed E-state index contributed by atoms with van der Waals surface area (Å²) in [7, 11) is 1.60. The van der Waals surface area contributed by atoms with Crippen LogP contribution in [0.25, 0.3) is 0 Å². The number of rotatable bonds is 5. The van der Waals surface area contributed by atoms with Crippen molar-refractivity contribution in [3.63, 3.8) is 0 Å². The first-order chi connectivity index (χ1) is 14.7. The van der Waals surface area contributed by atoms with E-state index in [0.717, 1.165) is 17.5 Å². The molecule has 1 spiro atoms. The molecule has 31 heavy (non-hydrogen) atoms. The van der Waals surface area contributed by atoms with Crippen molar-refractivity contribution in [1.82, 2.24) is 5.32 Å². The molecule has 0 aromatic heterocycles. The molecule has 0 aliphatic carbocycles. The number of benzene rings is 2. The Labute approximate surface area is 187 Å². The molecule has 2 aromatic carbocycles. The predicted molar refractivity (Wildman–Crippen MR) is 123 cm³/mol. The summed E-state index contributed by atoms with van der Waals surface area (Å²) in [5, 5.41) is 9.96. The van der Waals surface area contributed by atoms with Crippen LogP contribution >= 0.6 is 11.6 Å². The lowest BCUT2D eigenvalue weighted by Crippen LogP contribution is -2.52. The van der Waals surface area contributed by atoms with E-state index in [1.807, 2.05) is 19.1 Å². The molecule has 0 saturated carbocycles. The fraction of sp³-hybridized carbons (Fsp3) is 0.417. The molecule has 164 valence electrons. The van der Waals surface area contributed by atoms with Crippen molar-refractivity contribution < 1.29 is 14.3 Å². The second-order valence-electron chi connectivity index (χ2n) is 8.91. The number of ether oxygens (including phenoxy) is 1. The number of amides is 2. The predicted octanol–water partition coefficient (Wildman–Crippen LogP) is 4.47. The molecule has 3 N–H and O–H groups in total. The van der Waals surface area contributed by atoms with Crippen molar-refractivity contribution in [3.05, 3.63) is 52.5 Å². The molecule has 2 amide bonds. The molecule has 0 radical (unpaired) electrons. The number of hydrogen-bond acceptors (Lipinski definition) is 4. The van der Waals surface area contributed by atoms with Crippen LogP contribution in [0, 0.1) is 18.8 Å². The molecule has 2 aliphatic rings. The van der Waals surface area contributed by atoms with E-state index < -0.39 is 11.5 Å². The first kappa shape index (κ1) is 21.7. The number of carbonyl (C=O) groups is 2. The fourth-order valence-corrected chi connectivity index (χ4v) is 5.20. The van der Waals surface area contributed by atoms with Gasteiger partial charge in [-0.1, -0.05) is 31.5 Å². The highest BCUT2D eigenvalue weighted by Gasteiger charge is 2.60. The van der Waals surface area contributed by atoms with E-state index >= 15 is 0 Å². The highest BCUT2D eigenvalue weighted by Crippen LogP contribution is 2.50. The van der Waals surface area contributed by atoms with Gasteiger partial charge in [0.2, 0.25) is 11.8 Å². The Morgan fingerprint density at radius 2 is 2.00 bits per heavy atom. The van der Waals surface area contributed by atoms with Crippen LogP contribution < -0.4 is 20.7 Å².